The molecule has 0 spiro atoms. The number of aryl methyl sites for hydroxylation is 1. The van der Waals surface area contributed by atoms with Gasteiger partial charge in [0.25, 0.3) is 0 Å². The molecule has 0 aliphatic heterocycles. The van der Waals surface area contributed by atoms with E-state index >= 15 is 0 Å². The van der Waals surface area contributed by atoms with Crippen LogP contribution >= 0.6 is 23.4 Å². The molecule has 78 valence electrons. The first-order chi connectivity index (χ1) is 6.72. The first-order valence-corrected chi connectivity index (χ1v) is 6.23. The van der Waals surface area contributed by atoms with Gasteiger partial charge in [-0.2, -0.15) is 11.8 Å². The molecule has 0 amide bonds. The largest absolute Gasteiger partial charge is 0.370 e. The summed E-state index contributed by atoms with van der Waals surface area (Å²) in [6.45, 7) is 2.83. The summed E-state index contributed by atoms with van der Waals surface area (Å²) >= 11 is 7.57. The summed E-state index contributed by atoms with van der Waals surface area (Å²) in [5.41, 5.74) is 0.886. The van der Waals surface area contributed by atoms with Crippen LogP contribution in [0.15, 0.2) is 6.07 Å². The lowest BCUT2D eigenvalue weighted by molar-refractivity contribution is 0.972. The third-order valence-corrected chi connectivity index (χ3v) is 2.52. The quantitative estimate of drug-likeness (QED) is 0.625. The fraction of sp³-hybridized carbons (Fsp3) is 0.556. The molecule has 0 unspecified atom stereocenters. The van der Waals surface area contributed by atoms with Crippen molar-refractivity contribution in [3.05, 3.63) is 17.0 Å². The minimum atomic E-state index is 0.303. The summed E-state index contributed by atoms with van der Waals surface area (Å²) in [5.74, 6) is 1.97. The molecule has 1 heterocycles. The van der Waals surface area contributed by atoms with Crippen LogP contribution in [0.4, 0.5) is 5.82 Å². The van der Waals surface area contributed by atoms with Gasteiger partial charge in [0.1, 0.15) is 5.82 Å². The molecule has 1 rings (SSSR count). The van der Waals surface area contributed by atoms with E-state index in [0.29, 0.717) is 5.28 Å². The van der Waals surface area contributed by atoms with Crippen molar-refractivity contribution in [2.45, 2.75) is 13.3 Å². The molecule has 1 N–H and O–H groups in total. The van der Waals surface area contributed by atoms with Crippen LogP contribution in [0.3, 0.4) is 0 Å². The van der Waals surface area contributed by atoms with Crippen molar-refractivity contribution < 1.29 is 0 Å². The zero-order valence-electron chi connectivity index (χ0n) is 8.38. The van der Waals surface area contributed by atoms with E-state index in [0.717, 1.165) is 30.2 Å². The highest BCUT2D eigenvalue weighted by Gasteiger charge is 1.98. The molecule has 0 saturated carbocycles. The van der Waals surface area contributed by atoms with Gasteiger partial charge in [0, 0.05) is 18.3 Å². The summed E-state index contributed by atoms with van der Waals surface area (Å²) < 4.78 is 0. The predicted molar refractivity (Wildman–Crippen MR) is 63.3 cm³/mol. The Balaban J connectivity index is 2.42. The molecular formula is C9H14ClN3S. The number of hydrogen-bond donors (Lipinski definition) is 1. The van der Waals surface area contributed by atoms with Crippen LogP contribution in [-0.4, -0.2) is 28.5 Å². The Hall–Kier alpha value is -0.480. The van der Waals surface area contributed by atoms with Crippen LogP contribution in [0.1, 0.15) is 12.1 Å². The number of nitrogens with one attached hydrogen (secondary N) is 1. The Bertz CT molecular complexity index is 273. The van der Waals surface area contributed by atoms with Crippen LogP contribution < -0.4 is 5.32 Å². The van der Waals surface area contributed by atoms with Crippen molar-refractivity contribution in [3.8, 4) is 0 Å². The van der Waals surface area contributed by atoms with Crippen molar-refractivity contribution >= 4 is 29.2 Å². The van der Waals surface area contributed by atoms with Crippen LogP contribution in [0.5, 0.6) is 0 Å². The summed E-state index contributed by atoms with van der Waals surface area (Å²) in [6, 6.07) is 1.89. The third-order valence-electron chi connectivity index (χ3n) is 1.66. The number of nitrogens with zero attached hydrogens (tertiary/aromatic N) is 2. The number of thioether (sulfide) groups is 1. The molecule has 3 nitrogen and oxygen atoms in total. The van der Waals surface area contributed by atoms with E-state index in [1.165, 1.54) is 0 Å². The molecule has 0 fully saturated rings. The first-order valence-electron chi connectivity index (χ1n) is 4.46. The summed E-state index contributed by atoms with van der Waals surface area (Å²) in [4.78, 5) is 8.06. The number of halogens is 1. The van der Waals surface area contributed by atoms with E-state index < -0.39 is 0 Å². The Kier molecular flexibility index (Phi) is 5.04. The average Bonchev–Trinajstić information content (AvgIpc) is 2.11. The van der Waals surface area contributed by atoms with Gasteiger partial charge in [0.2, 0.25) is 5.28 Å². The highest BCUT2D eigenvalue weighted by Crippen LogP contribution is 2.09. The SMILES string of the molecule is CSCCCNc1cc(C)nc(Cl)n1. The van der Waals surface area contributed by atoms with E-state index in [1.807, 2.05) is 24.8 Å². The lowest BCUT2D eigenvalue weighted by Crippen LogP contribution is -2.05. The molecule has 1 aromatic rings. The van der Waals surface area contributed by atoms with Crippen molar-refractivity contribution in [1.82, 2.24) is 9.97 Å². The molecule has 0 atom stereocenters. The maximum atomic E-state index is 5.72. The second-order valence-electron chi connectivity index (χ2n) is 2.94. The number of anilines is 1. The molecule has 0 aromatic carbocycles. The lowest BCUT2D eigenvalue weighted by Gasteiger charge is -2.05. The van der Waals surface area contributed by atoms with Gasteiger partial charge in [0.15, 0.2) is 0 Å². The minimum Gasteiger partial charge on any atom is -0.370 e. The lowest BCUT2D eigenvalue weighted by atomic mass is 10.4. The van der Waals surface area contributed by atoms with Gasteiger partial charge in [-0.05, 0) is 37.0 Å². The molecule has 0 bridgehead atoms. The fourth-order valence-electron chi connectivity index (χ4n) is 1.06. The molecule has 14 heavy (non-hydrogen) atoms. The van der Waals surface area contributed by atoms with Gasteiger partial charge < -0.3 is 5.32 Å². The molecule has 0 aliphatic rings. The number of rotatable bonds is 5. The second-order valence-corrected chi connectivity index (χ2v) is 4.26. The van der Waals surface area contributed by atoms with Crippen molar-refractivity contribution in [2.75, 3.05) is 23.9 Å². The van der Waals surface area contributed by atoms with Crippen molar-refractivity contribution in [3.63, 3.8) is 0 Å². The Morgan fingerprint density at radius 2 is 2.29 bits per heavy atom. The van der Waals surface area contributed by atoms with Crippen molar-refractivity contribution in [2.24, 2.45) is 0 Å². The number of hydrogen-bond acceptors (Lipinski definition) is 4. The number of aromatic nitrogens is 2. The van der Waals surface area contributed by atoms with Gasteiger partial charge in [0.05, 0.1) is 0 Å². The Morgan fingerprint density at radius 3 is 2.93 bits per heavy atom. The van der Waals surface area contributed by atoms with Crippen LogP contribution in [0.2, 0.25) is 5.28 Å². The van der Waals surface area contributed by atoms with Gasteiger partial charge in [-0.25, -0.2) is 9.97 Å². The normalized spacial score (nSPS) is 10.2. The zero-order chi connectivity index (χ0) is 10.4. The van der Waals surface area contributed by atoms with Gasteiger partial charge >= 0.3 is 0 Å². The third kappa shape index (κ3) is 4.15. The summed E-state index contributed by atoms with van der Waals surface area (Å²) in [7, 11) is 0. The standard InChI is InChI=1S/C9H14ClN3S/c1-7-6-8(13-9(10)12-7)11-4-3-5-14-2/h6H,3-5H2,1-2H3,(H,11,12,13). The minimum absolute atomic E-state index is 0.303. The van der Waals surface area contributed by atoms with E-state index in [-0.39, 0.29) is 0 Å². The molecule has 5 heteroatoms. The zero-order valence-corrected chi connectivity index (χ0v) is 9.95. The Labute approximate surface area is 93.7 Å². The summed E-state index contributed by atoms with van der Waals surface area (Å²) in [6.07, 6.45) is 3.23. The van der Waals surface area contributed by atoms with Gasteiger partial charge in [-0.1, -0.05) is 0 Å². The highest BCUT2D eigenvalue weighted by atomic mass is 35.5. The smallest absolute Gasteiger partial charge is 0.224 e. The van der Waals surface area contributed by atoms with E-state index in [2.05, 4.69) is 21.5 Å². The van der Waals surface area contributed by atoms with Crippen molar-refractivity contribution in [1.29, 1.82) is 0 Å². The molecule has 0 radical (unpaired) electrons. The molecular weight excluding hydrogens is 218 g/mol. The Morgan fingerprint density at radius 1 is 1.50 bits per heavy atom. The first kappa shape index (κ1) is 11.6. The monoisotopic (exact) mass is 231 g/mol. The van der Waals surface area contributed by atoms with Crippen LogP contribution in [-0.2, 0) is 0 Å². The van der Waals surface area contributed by atoms with E-state index in [4.69, 9.17) is 11.6 Å². The van der Waals surface area contributed by atoms with E-state index in [9.17, 15) is 0 Å². The van der Waals surface area contributed by atoms with E-state index in [1.54, 1.807) is 0 Å². The van der Waals surface area contributed by atoms with Crippen LogP contribution in [0.25, 0.3) is 0 Å². The average molecular weight is 232 g/mol. The topological polar surface area (TPSA) is 37.8 Å². The molecule has 1 aromatic heterocycles. The van der Waals surface area contributed by atoms with Gasteiger partial charge in [-0.15, -0.1) is 0 Å². The summed E-state index contributed by atoms with van der Waals surface area (Å²) in [5, 5.41) is 3.52. The van der Waals surface area contributed by atoms with Gasteiger partial charge in [-0.3, -0.25) is 0 Å². The molecule has 0 aliphatic carbocycles. The maximum Gasteiger partial charge on any atom is 0.224 e. The highest BCUT2D eigenvalue weighted by molar-refractivity contribution is 7.98. The fourth-order valence-corrected chi connectivity index (χ4v) is 1.71. The molecule has 0 saturated heterocycles. The van der Waals surface area contributed by atoms with Crippen LogP contribution in [0, 0.1) is 6.92 Å². The predicted octanol–water partition coefficient (Wildman–Crippen LogP) is 2.60. The second kappa shape index (κ2) is 6.09. The maximum absolute atomic E-state index is 5.72.